The van der Waals surface area contributed by atoms with E-state index in [1.165, 1.54) is 0 Å². The van der Waals surface area contributed by atoms with Crippen LogP contribution in [0.1, 0.15) is 33.5 Å². The number of aromatic nitrogens is 2. The molecule has 0 spiro atoms. The number of nitrogens with two attached hydrogens (primary N) is 1. The first-order valence-electron chi connectivity index (χ1n) is 6.57. The fraction of sp³-hybridized carbons (Fsp3) is 0.400. The highest BCUT2D eigenvalue weighted by atomic mass is 79.9. The summed E-state index contributed by atoms with van der Waals surface area (Å²) in [4.78, 5) is 4.75. The van der Waals surface area contributed by atoms with E-state index < -0.39 is 0 Å². The van der Waals surface area contributed by atoms with Crippen LogP contribution in [-0.2, 0) is 12.0 Å². The van der Waals surface area contributed by atoms with Crippen molar-refractivity contribution in [1.29, 1.82) is 0 Å². The highest BCUT2D eigenvalue weighted by Gasteiger charge is 2.25. The third-order valence-corrected chi connectivity index (χ3v) is 3.99. The lowest BCUT2D eigenvalue weighted by molar-refractivity contribution is 0.509. The number of nitrogen functional groups attached to an aromatic ring is 1. The number of imidazole rings is 1. The molecule has 2 rings (SSSR count). The van der Waals surface area contributed by atoms with E-state index in [2.05, 4.69) is 43.6 Å². The summed E-state index contributed by atoms with van der Waals surface area (Å²) in [6.07, 6.45) is 0. The minimum absolute atomic E-state index is 0.0653. The van der Waals surface area contributed by atoms with Crippen molar-refractivity contribution in [2.24, 2.45) is 0 Å². The first-order chi connectivity index (χ1) is 9.25. The van der Waals surface area contributed by atoms with E-state index >= 15 is 0 Å². The minimum Gasteiger partial charge on any atom is -0.383 e. The molecule has 0 fully saturated rings. The van der Waals surface area contributed by atoms with Crippen LogP contribution in [0.5, 0.6) is 0 Å². The molecule has 0 radical (unpaired) electrons. The van der Waals surface area contributed by atoms with Gasteiger partial charge in [-0.15, -0.1) is 0 Å². The summed E-state index contributed by atoms with van der Waals surface area (Å²) < 4.78 is 2.99. The van der Waals surface area contributed by atoms with Crippen LogP contribution in [0, 0.1) is 0 Å². The van der Waals surface area contributed by atoms with E-state index in [0.29, 0.717) is 10.8 Å². The summed E-state index contributed by atoms with van der Waals surface area (Å²) in [5.41, 5.74) is 7.84. The van der Waals surface area contributed by atoms with Crippen LogP contribution >= 0.6 is 27.5 Å². The molecular weight excluding hydrogens is 338 g/mol. The quantitative estimate of drug-likeness (QED) is 0.834. The maximum absolute atomic E-state index is 6.32. The van der Waals surface area contributed by atoms with Gasteiger partial charge in [0.05, 0.1) is 5.02 Å². The van der Waals surface area contributed by atoms with Crippen molar-refractivity contribution in [3.05, 3.63) is 33.5 Å². The van der Waals surface area contributed by atoms with Gasteiger partial charge in [-0.2, -0.15) is 0 Å². The molecule has 3 nitrogen and oxygen atoms in total. The maximum Gasteiger partial charge on any atom is 0.131 e. The maximum atomic E-state index is 6.32. The lowest BCUT2D eigenvalue weighted by Crippen LogP contribution is -2.19. The monoisotopic (exact) mass is 355 g/mol. The Kier molecular flexibility index (Phi) is 4.17. The summed E-state index contributed by atoms with van der Waals surface area (Å²) in [5.74, 6) is 1.65. The van der Waals surface area contributed by atoms with Crippen LogP contribution in [0.3, 0.4) is 0 Å². The molecule has 0 amide bonds. The summed E-state index contributed by atoms with van der Waals surface area (Å²) in [5, 5.41) is 0.646. The second kappa shape index (κ2) is 5.41. The molecule has 0 bridgehead atoms. The van der Waals surface area contributed by atoms with Crippen LogP contribution in [0.15, 0.2) is 22.7 Å². The van der Waals surface area contributed by atoms with Crippen LogP contribution in [0.4, 0.5) is 5.82 Å². The molecule has 2 N–H and O–H groups in total. The van der Waals surface area contributed by atoms with Crippen molar-refractivity contribution >= 4 is 33.3 Å². The molecule has 1 aromatic heterocycles. The Labute approximate surface area is 133 Å². The minimum atomic E-state index is -0.0653. The van der Waals surface area contributed by atoms with Gasteiger partial charge in [-0.25, -0.2) is 4.98 Å². The smallest absolute Gasteiger partial charge is 0.131 e. The molecule has 0 aliphatic heterocycles. The Bertz CT molecular complexity index is 641. The Morgan fingerprint density at radius 2 is 2.00 bits per heavy atom. The van der Waals surface area contributed by atoms with Gasteiger partial charge in [0.1, 0.15) is 17.3 Å². The fourth-order valence-corrected chi connectivity index (χ4v) is 3.00. The average molecular weight is 357 g/mol. The average Bonchev–Trinajstić information content (AvgIpc) is 2.66. The molecule has 0 aliphatic rings. The van der Waals surface area contributed by atoms with Crippen molar-refractivity contribution in [2.75, 3.05) is 5.73 Å². The largest absolute Gasteiger partial charge is 0.383 e. The molecule has 108 valence electrons. The van der Waals surface area contributed by atoms with E-state index in [0.717, 1.165) is 28.1 Å². The van der Waals surface area contributed by atoms with Gasteiger partial charge in [-0.3, -0.25) is 0 Å². The number of halogens is 2. The van der Waals surface area contributed by atoms with Gasteiger partial charge >= 0.3 is 0 Å². The third kappa shape index (κ3) is 2.72. The molecule has 5 heteroatoms. The molecule has 1 heterocycles. The number of anilines is 1. The van der Waals surface area contributed by atoms with Crippen LogP contribution in [0.2, 0.25) is 5.02 Å². The Morgan fingerprint density at radius 1 is 1.35 bits per heavy atom. The highest BCUT2D eigenvalue weighted by Crippen LogP contribution is 2.36. The topological polar surface area (TPSA) is 43.8 Å². The zero-order valence-electron chi connectivity index (χ0n) is 12.2. The Balaban J connectivity index is 2.67. The molecule has 20 heavy (non-hydrogen) atoms. The molecule has 0 saturated carbocycles. The van der Waals surface area contributed by atoms with Gasteiger partial charge in [0.25, 0.3) is 0 Å². The molecule has 0 atom stereocenters. The van der Waals surface area contributed by atoms with Crippen LogP contribution in [0.25, 0.3) is 11.3 Å². The van der Waals surface area contributed by atoms with E-state index in [-0.39, 0.29) is 5.41 Å². The van der Waals surface area contributed by atoms with Crippen LogP contribution < -0.4 is 5.73 Å². The molecule has 0 saturated heterocycles. The SMILES string of the molecule is CCn1c(C(C)(C)C)nc(-c2ccc(Br)cc2Cl)c1N. The highest BCUT2D eigenvalue weighted by molar-refractivity contribution is 9.10. The van der Waals surface area contributed by atoms with Crippen molar-refractivity contribution in [3.63, 3.8) is 0 Å². The zero-order valence-corrected chi connectivity index (χ0v) is 14.5. The molecule has 1 aromatic carbocycles. The predicted molar refractivity (Wildman–Crippen MR) is 89.2 cm³/mol. The van der Waals surface area contributed by atoms with Crippen molar-refractivity contribution < 1.29 is 0 Å². The normalized spacial score (nSPS) is 11.9. The van der Waals surface area contributed by atoms with Crippen molar-refractivity contribution in [1.82, 2.24) is 9.55 Å². The number of benzene rings is 1. The van der Waals surface area contributed by atoms with Crippen molar-refractivity contribution in [2.45, 2.75) is 39.7 Å². The first kappa shape index (κ1) is 15.4. The van der Waals surface area contributed by atoms with E-state index in [1.807, 2.05) is 22.8 Å². The summed E-state index contributed by atoms with van der Waals surface area (Å²) in [7, 11) is 0. The van der Waals surface area contributed by atoms with Crippen molar-refractivity contribution in [3.8, 4) is 11.3 Å². The number of hydrogen-bond acceptors (Lipinski definition) is 2. The molecular formula is C15H19BrClN3. The van der Waals surface area contributed by atoms with E-state index in [9.17, 15) is 0 Å². The standard InChI is InChI=1S/C15H19BrClN3/c1-5-20-13(18)12(19-14(20)15(2,3)4)10-7-6-9(16)8-11(10)17/h6-8H,5,18H2,1-4H3. The molecule has 2 aromatic rings. The lowest BCUT2D eigenvalue weighted by Gasteiger charge is -2.19. The second-order valence-electron chi connectivity index (χ2n) is 5.79. The van der Waals surface area contributed by atoms with Gasteiger partial charge in [0.15, 0.2) is 0 Å². The van der Waals surface area contributed by atoms with Gasteiger partial charge in [-0.1, -0.05) is 54.4 Å². The zero-order chi connectivity index (χ0) is 15.1. The lowest BCUT2D eigenvalue weighted by atomic mass is 9.95. The van der Waals surface area contributed by atoms with E-state index in [4.69, 9.17) is 22.3 Å². The van der Waals surface area contributed by atoms with E-state index in [1.54, 1.807) is 0 Å². The second-order valence-corrected chi connectivity index (χ2v) is 7.11. The number of hydrogen-bond donors (Lipinski definition) is 1. The van der Waals surface area contributed by atoms with Crippen LogP contribution in [-0.4, -0.2) is 9.55 Å². The summed E-state index contributed by atoms with van der Waals surface area (Å²) in [6, 6.07) is 5.75. The summed E-state index contributed by atoms with van der Waals surface area (Å²) >= 11 is 9.73. The number of nitrogens with zero attached hydrogens (tertiary/aromatic N) is 2. The predicted octanol–water partition coefficient (Wildman–Crippen LogP) is 4.87. The van der Waals surface area contributed by atoms with Gasteiger partial charge < -0.3 is 10.3 Å². The molecule has 0 aliphatic carbocycles. The molecule has 0 unspecified atom stereocenters. The fourth-order valence-electron chi connectivity index (χ4n) is 2.24. The van der Waals surface area contributed by atoms with Gasteiger partial charge in [0.2, 0.25) is 0 Å². The summed E-state index contributed by atoms with van der Waals surface area (Å²) in [6.45, 7) is 9.26. The Morgan fingerprint density at radius 3 is 2.45 bits per heavy atom. The number of rotatable bonds is 2. The Hall–Kier alpha value is -1.00. The van der Waals surface area contributed by atoms with Gasteiger partial charge in [0, 0.05) is 22.0 Å². The van der Waals surface area contributed by atoms with Gasteiger partial charge in [-0.05, 0) is 19.1 Å². The first-order valence-corrected chi connectivity index (χ1v) is 7.74. The third-order valence-electron chi connectivity index (χ3n) is 3.18.